The van der Waals surface area contributed by atoms with E-state index in [0.29, 0.717) is 6.42 Å². The molecule has 112 valence electrons. The predicted octanol–water partition coefficient (Wildman–Crippen LogP) is 3.67. The van der Waals surface area contributed by atoms with Crippen LogP contribution in [0.4, 0.5) is 0 Å². The van der Waals surface area contributed by atoms with E-state index in [2.05, 4.69) is 53.8 Å². The number of nitrogens with one attached hydrogen (secondary N) is 1. The second-order valence-electron chi connectivity index (χ2n) is 8.11. The summed E-state index contributed by atoms with van der Waals surface area (Å²) in [5.74, 6) is -0.0506. The summed E-state index contributed by atoms with van der Waals surface area (Å²) >= 11 is 0. The molecule has 1 aliphatic heterocycles. The molecular weight excluding hydrogens is 238 g/mol. The molecule has 0 aromatic carbocycles. The van der Waals surface area contributed by atoms with E-state index in [1.54, 1.807) is 0 Å². The fourth-order valence-electron chi connectivity index (χ4n) is 3.06. The molecule has 0 aliphatic carbocycles. The first kappa shape index (κ1) is 16.5. The number of hydrogen-bond acceptors (Lipinski definition) is 3. The van der Waals surface area contributed by atoms with Gasteiger partial charge in [0.15, 0.2) is 0 Å². The third-order valence-electron chi connectivity index (χ3n) is 4.03. The van der Waals surface area contributed by atoms with Crippen molar-refractivity contribution in [1.82, 2.24) is 5.32 Å². The second kappa shape index (κ2) is 5.43. The van der Waals surface area contributed by atoms with Crippen LogP contribution in [0.15, 0.2) is 0 Å². The normalized spacial score (nSPS) is 23.1. The van der Waals surface area contributed by atoms with Crippen molar-refractivity contribution in [2.75, 3.05) is 0 Å². The first-order valence-electron chi connectivity index (χ1n) is 7.44. The van der Waals surface area contributed by atoms with Gasteiger partial charge in [-0.1, -0.05) is 27.2 Å². The molecule has 19 heavy (non-hydrogen) atoms. The Kier molecular flexibility index (Phi) is 4.71. The van der Waals surface area contributed by atoms with Gasteiger partial charge < -0.3 is 10.1 Å². The molecule has 1 heterocycles. The van der Waals surface area contributed by atoms with Gasteiger partial charge in [-0.25, -0.2) is 0 Å². The number of rotatable bonds is 4. The lowest BCUT2D eigenvalue weighted by molar-refractivity contribution is -0.155. The first-order valence-corrected chi connectivity index (χ1v) is 7.44. The third kappa shape index (κ3) is 5.52. The number of esters is 1. The summed E-state index contributed by atoms with van der Waals surface area (Å²) in [7, 11) is 0. The summed E-state index contributed by atoms with van der Waals surface area (Å²) in [5, 5.41) is 3.60. The van der Waals surface area contributed by atoms with Gasteiger partial charge in [-0.05, 0) is 33.1 Å². The molecule has 0 saturated carbocycles. The highest BCUT2D eigenvalue weighted by Crippen LogP contribution is 2.32. The van der Waals surface area contributed by atoms with E-state index >= 15 is 0 Å². The minimum absolute atomic E-state index is 0.0208. The summed E-state index contributed by atoms with van der Waals surface area (Å²) in [6, 6.07) is 0. The summed E-state index contributed by atoms with van der Waals surface area (Å²) in [6.45, 7) is 15.0. The number of piperidine rings is 1. The molecular formula is C16H31NO2. The fraction of sp³-hybridized carbons (Fsp3) is 0.938. The standard InChI is InChI=1S/C16H31NO2/c1-8-14(2,3)11-13(18)19-12-9-15(4,5)17-16(6,7)10-12/h12,17H,8-11H2,1-7H3. The molecule has 0 bridgehead atoms. The Hall–Kier alpha value is -0.570. The summed E-state index contributed by atoms with van der Waals surface area (Å²) in [5.41, 5.74) is 0.0784. The van der Waals surface area contributed by atoms with E-state index < -0.39 is 0 Å². The average Bonchev–Trinajstić information content (AvgIpc) is 2.10. The summed E-state index contributed by atoms with van der Waals surface area (Å²) < 4.78 is 5.72. The minimum atomic E-state index is -0.0506. The van der Waals surface area contributed by atoms with Gasteiger partial charge in [0.25, 0.3) is 0 Å². The van der Waals surface area contributed by atoms with Crippen LogP contribution in [0.5, 0.6) is 0 Å². The maximum atomic E-state index is 12.1. The van der Waals surface area contributed by atoms with Crippen LogP contribution in [0.25, 0.3) is 0 Å². The minimum Gasteiger partial charge on any atom is -0.462 e. The quantitative estimate of drug-likeness (QED) is 0.791. The van der Waals surface area contributed by atoms with E-state index in [0.717, 1.165) is 19.3 Å². The highest BCUT2D eigenvalue weighted by Gasteiger charge is 2.39. The van der Waals surface area contributed by atoms with Crippen molar-refractivity contribution in [1.29, 1.82) is 0 Å². The number of carbonyl (C=O) groups excluding carboxylic acids is 1. The van der Waals surface area contributed by atoms with Crippen LogP contribution >= 0.6 is 0 Å². The lowest BCUT2D eigenvalue weighted by atomic mass is 9.81. The molecule has 0 amide bonds. The van der Waals surface area contributed by atoms with Crippen molar-refractivity contribution < 1.29 is 9.53 Å². The summed E-state index contributed by atoms with van der Waals surface area (Å²) in [6.07, 6.45) is 3.30. The second-order valence-corrected chi connectivity index (χ2v) is 8.11. The van der Waals surface area contributed by atoms with E-state index in [4.69, 9.17) is 4.74 Å². The van der Waals surface area contributed by atoms with Crippen molar-refractivity contribution in [2.45, 2.75) is 91.3 Å². The number of ether oxygens (including phenoxy) is 1. The van der Waals surface area contributed by atoms with Crippen LogP contribution in [-0.4, -0.2) is 23.2 Å². The zero-order valence-electron chi connectivity index (χ0n) is 13.7. The van der Waals surface area contributed by atoms with E-state index in [1.807, 2.05) is 0 Å². The predicted molar refractivity (Wildman–Crippen MR) is 79.1 cm³/mol. The van der Waals surface area contributed by atoms with Gasteiger partial charge in [0.05, 0.1) is 6.42 Å². The molecule has 1 rings (SSSR count). The maximum Gasteiger partial charge on any atom is 0.306 e. The molecule has 0 unspecified atom stereocenters. The molecule has 1 aliphatic rings. The molecule has 1 fully saturated rings. The molecule has 0 spiro atoms. The Morgan fingerprint density at radius 1 is 1.21 bits per heavy atom. The smallest absolute Gasteiger partial charge is 0.306 e. The van der Waals surface area contributed by atoms with Crippen molar-refractivity contribution in [3.05, 3.63) is 0 Å². The van der Waals surface area contributed by atoms with Crippen molar-refractivity contribution in [3.63, 3.8) is 0 Å². The molecule has 1 saturated heterocycles. The van der Waals surface area contributed by atoms with Gasteiger partial charge >= 0.3 is 5.97 Å². The Morgan fingerprint density at radius 3 is 2.11 bits per heavy atom. The molecule has 1 N–H and O–H groups in total. The fourth-order valence-corrected chi connectivity index (χ4v) is 3.06. The highest BCUT2D eigenvalue weighted by molar-refractivity contribution is 5.70. The molecule has 0 atom stereocenters. The third-order valence-corrected chi connectivity index (χ3v) is 4.03. The van der Waals surface area contributed by atoms with Crippen LogP contribution in [-0.2, 0) is 9.53 Å². The van der Waals surface area contributed by atoms with Crippen LogP contribution in [0.2, 0.25) is 0 Å². The van der Waals surface area contributed by atoms with Crippen LogP contribution < -0.4 is 5.32 Å². The topological polar surface area (TPSA) is 38.3 Å². The van der Waals surface area contributed by atoms with E-state index in [1.165, 1.54) is 0 Å². The highest BCUT2D eigenvalue weighted by atomic mass is 16.5. The van der Waals surface area contributed by atoms with Crippen molar-refractivity contribution in [3.8, 4) is 0 Å². The molecule has 3 heteroatoms. The lowest BCUT2D eigenvalue weighted by Gasteiger charge is -2.46. The Bertz CT molecular complexity index is 316. The Balaban J connectivity index is 2.59. The van der Waals surface area contributed by atoms with Crippen LogP contribution in [0.1, 0.15) is 74.1 Å². The van der Waals surface area contributed by atoms with E-state index in [-0.39, 0.29) is 28.6 Å². The van der Waals surface area contributed by atoms with Crippen molar-refractivity contribution >= 4 is 5.97 Å². The van der Waals surface area contributed by atoms with Gasteiger partial charge in [-0.15, -0.1) is 0 Å². The Labute approximate surface area is 118 Å². The maximum absolute atomic E-state index is 12.1. The lowest BCUT2D eigenvalue weighted by Crippen LogP contribution is -2.59. The van der Waals surface area contributed by atoms with Crippen LogP contribution in [0, 0.1) is 5.41 Å². The summed E-state index contributed by atoms with van der Waals surface area (Å²) in [4.78, 5) is 12.1. The van der Waals surface area contributed by atoms with Gasteiger partial charge in [0, 0.05) is 23.9 Å². The molecule has 0 aromatic rings. The molecule has 0 aromatic heterocycles. The van der Waals surface area contributed by atoms with Crippen molar-refractivity contribution in [2.24, 2.45) is 5.41 Å². The largest absolute Gasteiger partial charge is 0.462 e. The monoisotopic (exact) mass is 269 g/mol. The van der Waals surface area contributed by atoms with Gasteiger partial charge in [-0.3, -0.25) is 4.79 Å². The molecule has 0 radical (unpaired) electrons. The van der Waals surface area contributed by atoms with Gasteiger partial charge in [0.2, 0.25) is 0 Å². The van der Waals surface area contributed by atoms with Gasteiger partial charge in [0.1, 0.15) is 6.10 Å². The zero-order valence-corrected chi connectivity index (χ0v) is 13.7. The van der Waals surface area contributed by atoms with Crippen LogP contribution in [0.3, 0.4) is 0 Å². The number of carbonyl (C=O) groups is 1. The number of hydrogen-bond donors (Lipinski definition) is 1. The SMILES string of the molecule is CCC(C)(C)CC(=O)OC1CC(C)(C)NC(C)(C)C1. The first-order chi connectivity index (χ1) is 8.45. The zero-order chi connectivity index (χ0) is 14.9. The Morgan fingerprint density at radius 2 is 1.68 bits per heavy atom. The molecule has 3 nitrogen and oxygen atoms in total. The average molecular weight is 269 g/mol. The van der Waals surface area contributed by atoms with E-state index in [9.17, 15) is 4.79 Å². The van der Waals surface area contributed by atoms with Gasteiger partial charge in [-0.2, -0.15) is 0 Å².